The van der Waals surface area contributed by atoms with Gasteiger partial charge in [-0.05, 0) is 23.5 Å². The van der Waals surface area contributed by atoms with E-state index in [1.807, 2.05) is 12.1 Å². The van der Waals surface area contributed by atoms with Crippen LogP contribution >= 0.6 is 0 Å². The zero-order valence-corrected chi connectivity index (χ0v) is 13.8. The zero-order valence-electron chi connectivity index (χ0n) is 13.8. The summed E-state index contributed by atoms with van der Waals surface area (Å²) < 4.78 is 40.7. The average Bonchev–Trinajstić information content (AvgIpc) is 3.35. The van der Waals surface area contributed by atoms with E-state index in [-0.39, 0.29) is 6.61 Å². The van der Waals surface area contributed by atoms with Crippen LogP contribution in [0.15, 0.2) is 29.3 Å². The van der Waals surface area contributed by atoms with Gasteiger partial charge in [0.15, 0.2) is 5.96 Å². The van der Waals surface area contributed by atoms with Gasteiger partial charge < -0.3 is 15.4 Å². The van der Waals surface area contributed by atoms with E-state index in [1.165, 1.54) is 19.3 Å². The van der Waals surface area contributed by atoms with Crippen LogP contribution in [-0.2, 0) is 17.9 Å². The standard InChI is InChI=1S/C17H24F3N3O/c1-21-16(22-9-8-13-2-3-13)23-10-14-4-6-15(7-5-14)11-24-12-17(18,19)20/h4-7,13H,2-3,8-12H2,1H3,(H2,21,22,23). The number of guanidine groups is 1. The minimum atomic E-state index is -4.29. The van der Waals surface area contributed by atoms with Gasteiger partial charge in [0.25, 0.3) is 0 Å². The fourth-order valence-corrected chi connectivity index (χ4v) is 2.25. The van der Waals surface area contributed by atoms with Gasteiger partial charge in [-0.2, -0.15) is 13.2 Å². The van der Waals surface area contributed by atoms with Crippen LogP contribution in [0.3, 0.4) is 0 Å². The van der Waals surface area contributed by atoms with Gasteiger partial charge >= 0.3 is 6.18 Å². The minimum absolute atomic E-state index is 0.0440. The summed E-state index contributed by atoms with van der Waals surface area (Å²) in [6.45, 7) is 0.253. The van der Waals surface area contributed by atoms with Crippen LogP contribution in [0.25, 0.3) is 0 Å². The lowest BCUT2D eigenvalue weighted by Crippen LogP contribution is -2.37. The quantitative estimate of drug-likeness (QED) is 0.563. The number of halogens is 3. The highest BCUT2D eigenvalue weighted by atomic mass is 19.4. The van der Waals surface area contributed by atoms with Crippen molar-refractivity contribution in [3.8, 4) is 0 Å². The number of hydrogen-bond donors (Lipinski definition) is 2. The van der Waals surface area contributed by atoms with Gasteiger partial charge in [-0.25, -0.2) is 0 Å². The van der Waals surface area contributed by atoms with Crippen molar-refractivity contribution in [3.63, 3.8) is 0 Å². The molecule has 1 fully saturated rings. The van der Waals surface area contributed by atoms with Crippen LogP contribution in [0, 0.1) is 5.92 Å². The summed E-state index contributed by atoms with van der Waals surface area (Å²) in [5, 5.41) is 6.50. The van der Waals surface area contributed by atoms with Crippen molar-refractivity contribution in [1.82, 2.24) is 10.6 Å². The first kappa shape index (κ1) is 18.6. The summed E-state index contributed by atoms with van der Waals surface area (Å²) in [5.41, 5.74) is 1.75. The topological polar surface area (TPSA) is 45.7 Å². The molecule has 0 unspecified atom stereocenters. The molecule has 7 heteroatoms. The van der Waals surface area contributed by atoms with Gasteiger partial charge in [-0.3, -0.25) is 4.99 Å². The fourth-order valence-electron chi connectivity index (χ4n) is 2.25. The first-order valence-corrected chi connectivity index (χ1v) is 8.13. The van der Waals surface area contributed by atoms with E-state index < -0.39 is 12.8 Å². The van der Waals surface area contributed by atoms with Crippen molar-refractivity contribution in [2.24, 2.45) is 10.9 Å². The number of rotatable bonds is 8. The van der Waals surface area contributed by atoms with Gasteiger partial charge in [0.05, 0.1) is 6.61 Å². The Bertz CT molecular complexity index is 525. The van der Waals surface area contributed by atoms with E-state index in [0.29, 0.717) is 6.54 Å². The van der Waals surface area contributed by atoms with Gasteiger partial charge in [-0.1, -0.05) is 37.1 Å². The largest absolute Gasteiger partial charge is 0.411 e. The number of nitrogens with one attached hydrogen (secondary N) is 2. The first-order chi connectivity index (χ1) is 11.5. The minimum Gasteiger partial charge on any atom is -0.367 e. The Labute approximate surface area is 140 Å². The average molecular weight is 343 g/mol. The Morgan fingerprint density at radius 2 is 1.83 bits per heavy atom. The van der Waals surface area contributed by atoms with Gasteiger partial charge in [0, 0.05) is 20.1 Å². The second-order valence-electron chi connectivity index (χ2n) is 6.01. The van der Waals surface area contributed by atoms with Crippen molar-refractivity contribution < 1.29 is 17.9 Å². The molecule has 1 aliphatic carbocycles. The molecule has 0 bridgehead atoms. The number of ether oxygens (including phenoxy) is 1. The third kappa shape index (κ3) is 7.68. The van der Waals surface area contributed by atoms with Crippen molar-refractivity contribution in [2.45, 2.75) is 38.6 Å². The molecule has 1 saturated carbocycles. The third-order valence-corrected chi connectivity index (χ3v) is 3.78. The fraction of sp³-hybridized carbons (Fsp3) is 0.588. The van der Waals surface area contributed by atoms with Crippen LogP contribution < -0.4 is 10.6 Å². The lowest BCUT2D eigenvalue weighted by atomic mass is 10.1. The van der Waals surface area contributed by atoms with Gasteiger partial charge in [-0.15, -0.1) is 0 Å². The molecule has 0 spiro atoms. The molecular formula is C17H24F3N3O. The molecular weight excluding hydrogens is 319 g/mol. The lowest BCUT2D eigenvalue weighted by Gasteiger charge is -2.12. The van der Waals surface area contributed by atoms with E-state index in [0.717, 1.165) is 29.5 Å². The SMILES string of the molecule is CN=C(NCCC1CC1)NCc1ccc(COCC(F)(F)F)cc1. The summed E-state index contributed by atoms with van der Waals surface area (Å²) in [6, 6.07) is 7.29. The maximum atomic E-state index is 12.0. The van der Waals surface area contributed by atoms with Crippen LogP contribution in [0.5, 0.6) is 0 Å². The Hall–Kier alpha value is -1.76. The molecule has 24 heavy (non-hydrogen) atoms. The van der Waals surface area contributed by atoms with Crippen LogP contribution in [0.2, 0.25) is 0 Å². The number of nitrogens with zero attached hydrogens (tertiary/aromatic N) is 1. The molecule has 0 radical (unpaired) electrons. The molecule has 1 aliphatic rings. The van der Waals surface area contributed by atoms with Gasteiger partial charge in [0.1, 0.15) is 6.61 Å². The highest BCUT2D eigenvalue weighted by molar-refractivity contribution is 5.79. The Balaban J connectivity index is 1.68. The van der Waals surface area contributed by atoms with Gasteiger partial charge in [0.2, 0.25) is 0 Å². The van der Waals surface area contributed by atoms with Crippen molar-refractivity contribution in [1.29, 1.82) is 0 Å². The first-order valence-electron chi connectivity index (χ1n) is 8.13. The summed E-state index contributed by atoms with van der Waals surface area (Å²) in [4.78, 5) is 4.17. The molecule has 0 saturated heterocycles. The number of aliphatic imine (C=N–C) groups is 1. The predicted molar refractivity (Wildman–Crippen MR) is 87.7 cm³/mol. The summed E-state index contributed by atoms with van der Waals surface area (Å²) in [6.07, 6.45) is -0.431. The number of alkyl halides is 3. The van der Waals surface area contributed by atoms with E-state index in [2.05, 4.69) is 20.4 Å². The third-order valence-electron chi connectivity index (χ3n) is 3.78. The van der Waals surface area contributed by atoms with E-state index in [9.17, 15) is 13.2 Å². The Morgan fingerprint density at radius 3 is 2.42 bits per heavy atom. The van der Waals surface area contributed by atoms with E-state index in [1.54, 1.807) is 19.2 Å². The highest BCUT2D eigenvalue weighted by Gasteiger charge is 2.27. The second kappa shape index (κ2) is 8.92. The van der Waals surface area contributed by atoms with Crippen LogP contribution in [0.1, 0.15) is 30.4 Å². The molecule has 0 atom stereocenters. The van der Waals surface area contributed by atoms with Crippen LogP contribution in [0.4, 0.5) is 13.2 Å². The molecule has 0 aromatic heterocycles. The molecule has 0 aliphatic heterocycles. The Kier molecular flexibility index (Phi) is 6.90. The molecule has 134 valence electrons. The van der Waals surface area contributed by atoms with Crippen molar-refractivity contribution >= 4 is 5.96 Å². The molecule has 2 rings (SSSR count). The molecule has 0 heterocycles. The maximum absolute atomic E-state index is 12.0. The number of hydrogen-bond acceptors (Lipinski definition) is 2. The summed E-state index contributed by atoms with van der Waals surface area (Å²) in [7, 11) is 1.73. The summed E-state index contributed by atoms with van der Waals surface area (Å²) >= 11 is 0. The molecule has 1 aromatic carbocycles. The molecule has 1 aromatic rings. The number of benzene rings is 1. The predicted octanol–water partition coefficient (Wildman–Crippen LogP) is 3.23. The van der Waals surface area contributed by atoms with Crippen molar-refractivity contribution in [3.05, 3.63) is 35.4 Å². The van der Waals surface area contributed by atoms with Crippen molar-refractivity contribution in [2.75, 3.05) is 20.2 Å². The monoisotopic (exact) mass is 343 g/mol. The normalized spacial score (nSPS) is 15.4. The highest BCUT2D eigenvalue weighted by Crippen LogP contribution is 2.31. The van der Waals surface area contributed by atoms with E-state index in [4.69, 9.17) is 0 Å². The van der Waals surface area contributed by atoms with E-state index >= 15 is 0 Å². The molecule has 2 N–H and O–H groups in total. The lowest BCUT2D eigenvalue weighted by molar-refractivity contribution is -0.176. The van der Waals surface area contributed by atoms with Crippen LogP contribution in [-0.4, -0.2) is 32.3 Å². The second-order valence-corrected chi connectivity index (χ2v) is 6.01. The maximum Gasteiger partial charge on any atom is 0.411 e. The molecule has 0 amide bonds. The zero-order chi connectivity index (χ0) is 17.4. The molecule has 4 nitrogen and oxygen atoms in total. The summed E-state index contributed by atoms with van der Waals surface area (Å²) in [5.74, 6) is 1.64. The Morgan fingerprint density at radius 1 is 1.17 bits per heavy atom. The smallest absolute Gasteiger partial charge is 0.367 e.